The van der Waals surface area contributed by atoms with E-state index >= 15 is 0 Å². The summed E-state index contributed by atoms with van der Waals surface area (Å²) in [6.45, 7) is 0.571. The molecule has 148 valence electrons. The third-order valence-corrected chi connectivity index (χ3v) is 4.51. The van der Waals surface area contributed by atoms with Crippen LogP contribution in [-0.2, 0) is 19.5 Å². The van der Waals surface area contributed by atoms with Crippen molar-refractivity contribution in [2.75, 3.05) is 11.2 Å². The predicted octanol–water partition coefficient (Wildman–Crippen LogP) is 2.05. The van der Waals surface area contributed by atoms with E-state index in [1.54, 1.807) is 12.1 Å². The predicted molar refractivity (Wildman–Crippen MR) is 108 cm³/mol. The van der Waals surface area contributed by atoms with Crippen LogP contribution in [0, 0.1) is 0 Å². The lowest BCUT2D eigenvalue weighted by Gasteiger charge is -2.00. The molecule has 0 aliphatic carbocycles. The first-order valence-corrected chi connectivity index (χ1v) is 9.25. The molecule has 4 aromatic rings. The van der Waals surface area contributed by atoms with Crippen LogP contribution in [0.15, 0.2) is 63.8 Å². The molecule has 2 aromatic carbocycles. The van der Waals surface area contributed by atoms with Gasteiger partial charge in [-0.25, -0.2) is 9.48 Å². The van der Waals surface area contributed by atoms with Gasteiger partial charge in [-0.1, -0.05) is 59.2 Å². The number of nitrogens with two attached hydrogens (primary N) is 1. The third-order valence-electron chi connectivity index (χ3n) is 4.26. The largest absolute Gasteiger partial charge is 0.406 e. The number of halogens is 1. The second kappa shape index (κ2) is 8.19. The Hall–Kier alpha value is -3.59. The van der Waals surface area contributed by atoms with Gasteiger partial charge in [0.15, 0.2) is 5.82 Å². The van der Waals surface area contributed by atoms with Crippen LogP contribution in [0.5, 0.6) is 0 Å². The van der Waals surface area contributed by atoms with E-state index in [-0.39, 0.29) is 18.5 Å². The van der Waals surface area contributed by atoms with Crippen molar-refractivity contribution in [1.82, 2.24) is 24.7 Å². The fourth-order valence-corrected chi connectivity index (χ4v) is 2.89. The second-order valence-electron chi connectivity index (χ2n) is 6.37. The number of rotatable bonds is 7. The number of hydrogen-bond acceptors (Lipinski definition) is 7. The van der Waals surface area contributed by atoms with Crippen LogP contribution in [0.25, 0.3) is 0 Å². The zero-order valence-corrected chi connectivity index (χ0v) is 16.1. The fourth-order valence-electron chi connectivity index (χ4n) is 2.76. The van der Waals surface area contributed by atoms with Crippen LogP contribution in [0.4, 0.5) is 6.01 Å². The quantitative estimate of drug-likeness (QED) is 0.447. The van der Waals surface area contributed by atoms with E-state index < -0.39 is 5.69 Å². The van der Waals surface area contributed by atoms with Crippen LogP contribution in [-0.4, -0.2) is 24.7 Å². The van der Waals surface area contributed by atoms with E-state index in [0.29, 0.717) is 23.8 Å². The van der Waals surface area contributed by atoms with E-state index in [1.165, 1.54) is 4.68 Å². The van der Waals surface area contributed by atoms with Crippen LogP contribution >= 0.6 is 11.6 Å². The molecule has 0 spiro atoms. The molecule has 10 heteroatoms. The van der Waals surface area contributed by atoms with Gasteiger partial charge in [-0.2, -0.15) is 9.77 Å². The summed E-state index contributed by atoms with van der Waals surface area (Å²) in [6.07, 6.45) is 0.392. The minimum absolute atomic E-state index is 0.0245. The van der Waals surface area contributed by atoms with Gasteiger partial charge in [-0.3, -0.25) is 0 Å². The molecule has 9 nitrogen and oxygen atoms in total. The monoisotopic (exact) mass is 411 g/mol. The average molecular weight is 412 g/mol. The summed E-state index contributed by atoms with van der Waals surface area (Å²) >= 11 is 5.90. The highest BCUT2D eigenvalue weighted by molar-refractivity contribution is 6.30. The molecule has 0 atom stereocenters. The van der Waals surface area contributed by atoms with Crippen LogP contribution in [0.2, 0.25) is 5.02 Å². The summed E-state index contributed by atoms with van der Waals surface area (Å²) in [7, 11) is 0. The van der Waals surface area contributed by atoms with E-state index in [0.717, 1.165) is 15.8 Å². The topological polar surface area (TPSA) is 117 Å². The fraction of sp³-hybridized carbons (Fsp3) is 0.158. The Bertz CT molecular complexity index is 1150. The van der Waals surface area contributed by atoms with Crippen molar-refractivity contribution in [3.8, 4) is 0 Å². The SMILES string of the molecule is Nn1c(Cc2ccc(Cl)cc2)nn(Cc2nnc(NCc3ccccc3)o2)c1=O. The minimum Gasteiger partial charge on any atom is -0.406 e. The Morgan fingerprint density at radius 2 is 1.79 bits per heavy atom. The van der Waals surface area contributed by atoms with E-state index in [9.17, 15) is 4.79 Å². The highest BCUT2D eigenvalue weighted by Crippen LogP contribution is 2.12. The molecule has 0 radical (unpaired) electrons. The van der Waals surface area contributed by atoms with Crippen molar-refractivity contribution >= 4 is 17.6 Å². The lowest BCUT2D eigenvalue weighted by atomic mass is 10.1. The van der Waals surface area contributed by atoms with Crippen molar-refractivity contribution in [3.63, 3.8) is 0 Å². The molecule has 0 saturated heterocycles. The molecule has 0 bridgehead atoms. The number of nitrogens with zero attached hydrogens (tertiary/aromatic N) is 5. The number of nitrogen functional groups attached to an aromatic ring is 1. The molecule has 0 fully saturated rings. The van der Waals surface area contributed by atoms with Gasteiger partial charge in [0.05, 0.1) is 0 Å². The summed E-state index contributed by atoms with van der Waals surface area (Å²) in [5.74, 6) is 6.53. The highest BCUT2D eigenvalue weighted by Gasteiger charge is 2.15. The molecule has 0 amide bonds. The molecule has 0 aliphatic rings. The Labute approximate surface area is 170 Å². The first-order valence-electron chi connectivity index (χ1n) is 8.87. The summed E-state index contributed by atoms with van der Waals surface area (Å²) in [5.41, 5.74) is 1.55. The van der Waals surface area contributed by atoms with Crippen molar-refractivity contribution < 1.29 is 4.42 Å². The standard InChI is InChI=1S/C19H18ClN7O2/c20-15-8-6-13(7-9-15)10-16-25-26(19(28)27(16)21)12-17-23-24-18(29-17)22-11-14-4-2-1-3-5-14/h1-9H,10-12,21H2,(H,22,24). The molecule has 0 saturated carbocycles. The average Bonchev–Trinajstić information content (AvgIpc) is 3.29. The van der Waals surface area contributed by atoms with Gasteiger partial charge in [-0.15, -0.1) is 5.10 Å². The second-order valence-corrected chi connectivity index (χ2v) is 6.81. The zero-order valence-electron chi connectivity index (χ0n) is 15.3. The molecule has 2 heterocycles. The third kappa shape index (κ3) is 4.46. The van der Waals surface area contributed by atoms with E-state index in [4.69, 9.17) is 21.9 Å². The molecular weight excluding hydrogens is 394 g/mol. The van der Waals surface area contributed by atoms with Gasteiger partial charge < -0.3 is 15.6 Å². The highest BCUT2D eigenvalue weighted by atomic mass is 35.5. The van der Waals surface area contributed by atoms with Gasteiger partial charge in [0.2, 0.25) is 5.89 Å². The Morgan fingerprint density at radius 3 is 2.55 bits per heavy atom. The smallest absolute Gasteiger partial charge is 0.365 e. The summed E-state index contributed by atoms with van der Waals surface area (Å²) < 4.78 is 7.75. The van der Waals surface area contributed by atoms with Crippen molar-refractivity contribution in [3.05, 3.63) is 92.9 Å². The summed E-state index contributed by atoms with van der Waals surface area (Å²) in [6, 6.07) is 17.4. The van der Waals surface area contributed by atoms with Gasteiger partial charge in [0, 0.05) is 18.0 Å². The van der Waals surface area contributed by atoms with Crippen LogP contribution < -0.4 is 16.8 Å². The minimum atomic E-state index is -0.467. The van der Waals surface area contributed by atoms with Crippen molar-refractivity contribution in [2.24, 2.45) is 0 Å². The number of hydrogen-bond donors (Lipinski definition) is 2. The Kier molecular flexibility index (Phi) is 5.30. The van der Waals surface area contributed by atoms with Gasteiger partial charge in [0.1, 0.15) is 6.54 Å². The van der Waals surface area contributed by atoms with Crippen LogP contribution in [0.1, 0.15) is 22.8 Å². The first-order chi connectivity index (χ1) is 14.1. The number of benzene rings is 2. The van der Waals surface area contributed by atoms with E-state index in [2.05, 4.69) is 20.6 Å². The Morgan fingerprint density at radius 1 is 1.03 bits per heavy atom. The molecule has 0 unspecified atom stereocenters. The molecule has 2 aromatic heterocycles. The molecular formula is C19H18ClN7O2. The zero-order chi connectivity index (χ0) is 20.2. The maximum atomic E-state index is 12.4. The molecule has 3 N–H and O–H groups in total. The van der Waals surface area contributed by atoms with E-state index in [1.807, 2.05) is 42.5 Å². The Balaban J connectivity index is 1.44. The number of aromatic nitrogens is 5. The summed E-state index contributed by atoms with van der Waals surface area (Å²) in [5, 5.41) is 15.9. The molecule has 4 rings (SSSR count). The maximum Gasteiger partial charge on any atom is 0.365 e. The van der Waals surface area contributed by atoms with Crippen molar-refractivity contribution in [1.29, 1.82) is 0 Å². The van der Waals surface area contributed by atoms with Gasteiger partial charge in [0.25, 0.3) is 0 Å². The normalized spacial score (nSPS) is 10.9. The molecule has 0 aliphatic heterocycles. The van der Waals surface area contributed by atoms with Gasteiger partial charge >= 0.3 is 11.7 Å². The number of anilines is 1. The lowest BCUT2D eigenvalue weighted by molar-refractivity contribution is 0.466. The first kappa shape index (κ1) is 18.8. The summed E-state index contributed by atoms with van der Waals surface area (Å²) in [4.78, 5) is 12.4. The maximum absolute atomic E-state index is 12.4. The lowest BCUT2D eigenvalue weighted by Crippen LogP contribution is -2.31. The van der Waals surface area contributed by atoms with Crippen LogP contribution in [0.3, 0.4) is 0 Å². The van der Waals surface area contributed by atoms with Crippen molar-refractivity contribution in [2.45, 2.75) is 19.5 Å². The molecule has 29 heavy (non-hydrogen) atoms. The number of nitrogens with one attached hydrogen (secondary N) is 1. The van der Waals surface area contributed by atoms with Gasteiger partial charge in [-0.05, 0) is 23.3 Å².